The predicted octanol–water partition coefficient (Wildman–Crippen LogP) is 3.85. The molecule has 0 bridgehead atoms. The molecular formula is C17H25NO2S. The van der Waals surface area contributed by atoms with Crippen LogP contribution in [0, 0.1) is 6.92 Å². The number of unbranched alkanes of at least 4 members (excludes halogenated alkanes) is 1. The van der Waals surface area contributed by atoms with Gasteiger partial charge in [-0.3, -0.25) is 10.1 Å². The maximum atomic E-state index is 11.4. The zero-order chi connectivity index (χ0) is 15.3. The van der Waals surface area contributed by atoms with E-state index >= 15 is 0 Å². The van der Waals surface area contributed by atoms with Gasteiger partial charge >= 0.3 is 5.97 Å². The Balaban J connectivity index is 1.67. The van der Waals surface area contributed by atoms with Crippen LogP contribution in [0.3, 0.4) is 0 Å². The van der Waals surface area contributed by atoms with Crippen molar-refractivity contribution >= 4 is 17.7 Å². The van der Waals surface area contributed by atoms with Gasteiger partial charge in [0.05, 0.1) is 0 Å². The van der Waals surface area contributed by atoms with Crippen LogP contribution in [-0.2, 0) is 4.79 Å². The van der Waals surface area contributed by atoms with Gasteiger partial charge in [-0.05, 0) is 57.4 Å². The fourth-order valence-electron chi connectivity index (χ4n) is 2.32. The molecule has 0 radical (unpaired) electrons. The molecule has 0 aliphatic heterocycles. The first-order valence-electron chi connectivity index (χ1n) is 7.70. The van der Waals surface area contributed by atoms with Gasteiger partial charge in [-0.1, -0.05) is 24.1 Å². The van der Waals surface area contributed by atoms with Crippen LogP contribution in [0.25, 0.3) is 0 Å². The Morgan fingerprint density at radius 3 is 2.57 bits per heavy atom. The molecule has 0 saturated heterocycles. The summed E-state index contributed by atoms with van der Waals surface area (Å²) in [6, 6.07) is 8.98. The first-order chi connectivity index (χ1) is 9.99. The first-order valence-corrected chi connectivity index (χ1v) is 8.69. The Hall–Kier alpha value is -1.00. The van der Waals surface area contributed by atoms with Gasteiger partial charge in [0.15, 0.2) is 0 Å². The van der Waals surface area contributed by atoms with Crippen molar-refractivity contribution in [3.63, 3.8) is 0 Å². The monoisotopic (exact) mass is 307 g/mol. The van der Waals surface area contributed by atoms with Crippen molar-refractivity contribution in [1.82, 2.24) is 5.32 Å². The van der Waals surface area contributed by atoms with Crippen molar-refractivity contribution in [3.05, 3.63) is 29.8 Å². The number of rotatable bonds is 9. The molecule has 21 heavy (non-hydrogen) atoms. The predicted molar refractivity (Wildman–Crippen MR) is 88.0 cm³/mol. The summed E-state index contributed by atoms with van der Waals surface area (Å²) in [4.78, 5) is 12.7. The second-order valence-electron chi connectivity index (χ2n) is 6.17. The summed E-state index contributed by atoms with van der Waals surface area (Å²) in [6.07, 6.45) is 4.93. The van der Waals surface area contributed by atoms with Crippen molar-refractivity contribution in [3.8, 4) is 0 Å². The number of hydrogen-bond acceptors (Lipinski definition) is 3. The summed E-state index contributed by atoms with van der Waals surface area (Å²) in [5, 5.41) is 12.7. The van der Waals surface area contributed by atoms with Gasteiger partial charge in [0, 0.05) is 10.9 Å². The molecule has 1 fully saturated rings. The van der Waals surface area contributed by atoms with E-state index in [0.29, 0.717) is 12.5 Å². The highest BCUT2D eigenvalue weighted by Crippen LogP contribution is 2.26. The highest BCUT2D eigenvalue weighted by molar-refractivity contribution is 7.99. The quantitative estimate of drug-likeness (QED) is 0.537. The number of aryl methyl sites for hydroxylation is 1. The molecule has 0 amide bonds. The summed E-state index contributed by atoms with van der Waals surface area (Å²) in [7, 11) is 0. The van der Waals surface area contributed by atoms with Gasteiger partial charge in [0.2, 0.25) is 0 Å². The van der Waals surface area contributed by atoms with E-state index in [1.165, 1.54) is 10.5 Å². The van der Waals surface area contributed by atoms with Gasteiger partial charge in [-0.15, -0.1) is 11.8 Å². The average Bonchev–Trinajstić information content (AvgIpc) is 3.24. The van der Waals surface area contributed by atoms with Crippen molar-refractivity contribution < 1.29 is 9.90 Å². The van der Waals surface area contributed by atoms with Crippen LogP contribution in [0.2, 0.25) is 0 Å². The van der Waals surface area contributed by atoms with Crippen molar-refractivity contribution in [2.24, 2.45) is 0 Å². The normalized spacial score (nSPS) is 17.4. The molecule has 1 saturated carbocycles. The molecule has 1 aliphatic carbocycles. The Morgan fingerprint density at radius 1 is 1.33 bits per heavy atom. The van der Waals surface area contributed by atoms with Crippen LogP contribution in [0.5, 0.6) is 0 Å². The van der Waals surface area contributed by atoms with E-state index in [0.717, 1.165) is 31.4 Å². The molecule has 2 N–H and O–H groups in total. The SMILES string of the molecule is Cc1ccc(SCCCCC(C)(NC2CC2)C(=O)O)cc1. The lowest BCUT2D eigenvalue weighted by molar-refractivity contribution is -0.144. The molecule has 1 aromatic rings. The Morgan fingerprint density at radius 2 is 2.00 bits per heavy atom. The molecule has 1 atom stereocenters. The molecule has 1 aliphatic rings. The lowest BCUT2D eigenvalue weighted by Crippen LogP contribution is -2.50. The number of thioether (sulfide) groups is 1. The topological polar surface area (TPSA) is 49.3 Å². The fraction of sp³-hybridized carbons (Fsp3) is 0.588. The van der Waals surface area contributed by atoms with Gasteiger partial charge < -0.3 is 5.11 Å². The lowest BCUT2D eigenvalue weighted by Gasteiger charge is -2.26. The van der Waals surface area contributed by atoms with Gasteiger partial charge in [0.25, 0.3) is 0 Å². The van der Waals surface area contributed by atoms with E-state index in [-0.39, 0.29) is 0 Å². The third-order valence-electron chi connectivity index (χ3n) is 3.93. The number of hydrogen-bond donors (Lipinski definition) is 2. The molecule has 3 nitrogen and oxygen atoms in total. The van der Waals surface area contributed by atoms with Crippen molar-refractivity contribution in [2.45, 2.75) is 62.4 Å². The van der Waals surface area contributed by atoms with Crippen molar-refractivity contribution in [2.75, 3.05) is 5.75 Å². The molecule has 1 aromatic carbocycles. The second kappa shape index (κ2) is 7.32. The summed E-state index contributed by atoms with van der Waals surface area (Å²) in [6.45, 7) is 3.91. The van der Waals surface area contributed by atoms with Crippen molar-refractivity contribution in [1.29, 1.82) is 0 Å². The highest BCUT2D eigenvalue weighted by Gasteiger charge is 2.37. The fourth-order valence-corrected chi connectivity index (χ4v) is 3.24. The minimum absolute atomic E-state index is 0.424. The molecule has 0 spiro atoms. The van der Waals surface area contributed by atoms with Crippen LogP contribution in [0.4, 0.5) is 0 Å². The zero-order valence-corrected chi connectivity index (χ0v) is 13.7. The number of carboxylic acid groups (broad SMARTS) is 1. The molecule has 2 rings (SSSR count). The number of carboxylic acids is 1. The second-order valence-corrected chi connectivity index (χ2v) is 7.34. The lowest BCUT2D eigenvalue weighted by atomic mass is 9.95. The van der Waals surface area contributed by atoms with Gasteiger partial charge in [0.1, 0.15) is 5.54 Å². The van der Waals surface area contributed by atoms with Gasteiger partial charge in [-0.2, -0.15) is 0 Å². The maximum absolute atomic E-state index is 11.4. The summed E-state index contributed by atoms with van der Waals surface area (Å²) in [5.74, 6) is 0.322. The highest BCUT2D eigenvalue weighted by atomic mass is 32.2. The molecule has 1 unspecified atom stereocenters. The standard InChI is InChI=1S/C17H25NO2S/c1-13-5-9-15(10-6-13)21-12-4-3-11-17(2,16(19)20)18-14-7-8-14/h5-6,9-10,14,18H,3-4,7-8,11-12H2,1-2H3,(H,19,20). The van der Waals surface area contributed by atoms with E-state index in [1.807, 2.05) is 18.7 Å². The Kier molecular flexibility index (Phi) is 5.71. The molecular weight excluding hydrogens is 282 g/mol. The van der Waals surface area contributed by atoms with Crippen LogP contribution < -0.4 is 5.32 Å². The van der Waals surface area contributed by atoms with Crippen LogP contribution >= 0.6 is 11.8 Å². The Bertz CT molecular complexity index is 470. The Labute approximate surface area is 131 Å². The smallest absolute Gasteiger partial charge is 0.323 e. The minimum atomic E-state index is -0.754. The average molecular weight is 307 g/mol. The zero-order valence-electron chi connectivity index (χ0n) is 12.9. The van der Waals surface area contributed by atoms with E-state index in [9.17, 15) is 9.90 Å². The molecule has 4 heteroatoms. The first kappa shape index (κ1) is 16.4. The minimum Gasteiger partial charge on any atom is -0.480 e. The maximum Gasteiger partial charge on any atom is 0.323 e. The van der Waals surface area contributed by atoms with E-state index in [2.05, 4.69) is 36.5 Å². The van der Waals surface area contributed by atoms with Crippen LogP contribution in [-0.4, -0.2) is 28.4 Å². The largest absolute Gasteiger partial charge is 0.480 e. The third kappa shape index (κ3) is 5.36. The number of benzene rings is 1. The van der Waals surface area contributed by atoms with E-state index in [4.69, 9.17) is 0 Å². The van der Waals surface area contributed by atoms with Gasteiger partial charge in [-0.25, -0.2) is 0 Å². The third-order valence-corrected chi connectivity index (χ3v) is 5.03. The summed E-state index contributed by atoms with van der Waals surface area (Å²) in [5.41, 5.74) is 0.526. The number of aliphatic carboxylic acids is 1. The summed E-state index contributed by atoms with van der Waals surface area (Å²) >= 11 is 1.85. The van der Waals surface area contributed by atoms with Crippen LogP contribution in [0.1, 0.15) is 44.6 Å². The van der Waals surface area contributed by atoms with Crippen LogP contribution in [0.15, 0.2) is 29.2 Å². The number of carbonyl (C=O) groups is 1. The van der Waals surface area contributed by atoms with E-state index < -0.39 is 11.5 Å². The molecule has 0 aromatic heterocycles. The molecule has 116 valence electrons. The molecule has 0 heterocycles. The summed E-state index contributed by atoms with van der Waals surface area (Å²) < 4.78 is 0. The number of nitrogens with one attached hydrogen (secondary N) is 1. The van der Waals surface area contributed by atoms with E-state index in [1.54, 1.807) is 0 Å².